The molecule has 4 aliphatic rings. The number of hydrogen-bond acceptors (Lipinski definition) is 3. The molecule has 28 heavy (non-hydrogen) atoms. The van der Waals surface area contributed by atoms with E-state index in [4.69, 9.17) is 0 Å². The van der Waals surface area contributed by atoms with Crippen molar-refractivity contribution in [3.8, 4) is 0 Å². The fraction of sp³-hybridized carbons (Fsp3) is 0.833. The molecule has 0 bridgehead atoms. The summed E-state index contributed by atoms with van der Waals surface area (Å²) in [5, 5.41) is 3.62. The summed E-state index contributed by atoms with van der Waals surface area (Å²) in [6.45, 7) is 11.3. The lowest BCUT2D eigenvalue weighted by atomic mass is 9.79. The van der Waals surface area contributed by atoms with Crippen LogP contribution in [0.25, 0.3) is 0 Å². The molecule has 0 aromatic carbocycles. The first kappa shape index (κ1) is 22.3. The van der Waals surface area contributed by atoms with E-state index >= 15 is 0 Å². The number of piperidine rings is 2. The minimum absolute atomic E-state index is 0.876. The van der Waals surface area contributed by atoms with Gasteiger partial charge in [0.1, 0.15) is 0 Å². The predicted octanol–water partition coefficient (Wildman–Crippen LogP) is 4.75. The largest absolute Gasteiger partial charge is 0.324 e. The zero-order valence-corrected chi connectivity index (χ0v) is 19.4. The normalized spacial score (nSPS) is 34.1. The van der Waals surface area contributed by atoms with Gasteiger partial charge in [0.05, 0.1) is 0 Å². The lowest BCUT2D eigenvalue weighted by Crippen LogP contribution is -2.59. The zero-order chi connectivity index (χ0) is 19.6. The highest BCUT2D eigenvalue weighted by molar-refractivity contribution is 6.53. The van der Waals surface area contributed by atoms with Gasteiger partial charge in [0.15, 0.2) is 9.12 Å². The van der Waals surface area contributed by atoms with E-state index < -0.39 is 9.12 Å². The summed E-state index contributed by atoms with van der Waals surface area (Å²) in [7, 11) is -1.03. The molecule has 0 spiro atoms. The maximum Gasteiger partial charge on any atom is 0.191 e. The van der Waals surface area contributed by atoms with E-state index in [2.05, 4.69) is 34.1 Å². The third kappa shape index (κ3) is 6.29. The second kappa shape index (κ2) is 12.3. The van der Waals surface area contributed by atoms with Crippen molar-refractivity contribution in [2.75, 3.05) is 19.6 Å². The first-order chi connectivity index (χ1) is 13.8. The van der Waals surface area contributed by atoms with E-state index in [1.807, 2.05) is 6.08 Å². The molecule has 4 fully saturated rings. The van der Waals surface area contributed by atoms with Crippen molar-refractivity contribution in [1.82, 2.24) is 14.9 Å². The Morgan fingerprint density at radius 2 is 1.57 bits per heavy atom. The standard InChI is InChI=1S/C15H28N2Si.C9H17N/c1-3-11-16-18(13-4-2)17-12-7-9-14-8-5-6-10-15(14)17;1-2-6-9-8(4-1)5-3-7-10-9/h3-4,14-16,18H,1-2,5-13H2;8-10H,1-7H2. The molecule has 160 valence electrons. The van der Waals surface area contributed by atoms with Gasteiger partial charge in [0.2, 0.25) is 0 Å². The van der Waals surface area contributed by atoms with Crippen LogP contribution >= 0.6 is 0 Å². The second-order valence-corrected chi connectivity index (χ2v) is 12.1. The zero-order valence-electron chi connectivity index (χ0n) is 18.2. The number of rotatable bonds is 6. The average molecular weight is 404 g/mol. The molecule has 2 heterocycles. The van der Waals surface area contributed by atoms with Gasteiger partial charge < -0.3 is 14.9 Å². The van der Waals surface area contributed by atoms with E-state index in [9.17, 15) is 0 Å². The van der Waals surface area contributed by atoms with Crippen molar-refractivity contribution in [3.63, 3.8) is 0 Å². The van der Waals surface area contributed by atoms with Gasteiger partial charge in [-0.25, -0.2) is 0 Å². The van der Waals surface area contributed by atoms with Crippen molar-refractivity contribution < 1.29 is 0 Å². The Bertz CT molecular complexity index is 441. The molecule has 2 aliphatic heterocycles. The molecule has 2 saturated heterocycles. The van der Waals surface area contributed by atoms with Crippen LogP contribution in [0.1, 0.15) is 77.0 Å². The molecule has 0 amide bonds. The van der Waals surface area contributed by atoms with Crippen LogP contribution in [0.4, 0.5) is 0 Å². The van der Waals surface area contributed by atoms with Gasteiger partial charge in [-0.1, -0.05) is 37.8 Å². The third-order valence-electron chi connectivity index (χ3n) is 7.64. The highest BCUT2D eigenvalue weighted by Gasteiger charge is 2.36. The molecular weight excluding hydrogens is 358 g/mol. The Kier molecular flexibility index (Phi) is 9.79. The van der Waals surface area contributed by atoms with Crippen LogP contribution in [-0.2, 0) is 0 Å². The molecule has 2 aliphatic carbocycles. The lowest BCUT2D eigenvalue weighted by Gasteiger charge is -2.47. The predicted molar refractivity (Wildman–Crippen MR) is 125 cm³/mol. The smallest absolute Gasteiger partial charge is 0.191 e. The summed E-state index contributed by atoms with van der Waals surface area (Å²) in [6, 6.07) is 2.96. The van der Waals surface area contributed by atoms with Crippen molar-refractivity contribution in [3.05, 3.63) is 25.3 Å². The SMILES string of the molecule is C1CCC2NCCCC2C1.C=CCN[SiH](CC=C)N1CCCC2CCCCC21. The Hall–Kier alpha value is -0.423. The molecule has 2 saturated carbocycles. The average Bonchev–Trinajstić information content (AvgIpc) is 2.77. The fourth-order valence-corrected chi connectivity index (χ4v) is 9.01. The molecular formula is C24H45N3Si. The van der Waals surface area contributed by atoms with Crippen LogP contribution < -0.4 is 10.3 Å². The van der Waals surface area contributed by atoms with Gasteiger partial charge in [-0.3, -0.25) is 0 Å². The number of nitrogens with zero attached hydrogens (tertiary/aromatic N) is 1. The van der Waals surface area contributed by atoms with E-state index in [1.54, 1.807) is 0 Å². The highest BCUT2D eigenvalue weighted by atomic mass is 28.3. The van der Waals surface area contributed by atoms with Crippen molar-refractivity contribution in [1.29, 1.82) is 0 Å². The minimum atomic E-state index is -1.03. The van der Waals surface area contributed by atoms with E-state index in [-0.39, 0.29) is 0 Å². The van der Waals surface area contributed by atoms with Gasteiger partial charge >= 0.3 is 0 Å². The van der Waals surface area contributed by atoms with Crippen LogP contribution in [-0.4, -0.2) is 45.4 Å². The van der Waals surface area contributed by atoms with Crippen LogP contribution in [0, 0.1) is 11.8 Å². The van der Waals surface area contributed by atoms with E-state index in [1.165, 1.54) is 96.2 Å². The number of hydrogen-bond donors (Lipinski definition) is 2. The number of nitrogens with one attached hydrogen (secondary N) is 2. The highest BCUT2D eigenvalue weighted by Crippen LogP contribution is 2.35. The summed E-state index contributed by atoms with van der Waals surface area (Å²) in [6.07, 6.45) is 21.6. The monoisotopic (exact) mass is 403 g/mol. The van der Waals surface area contributed by atoms with Gasteiger partial charge in [0, 0.05) is 18.6 Å². The molecule has 0 aromatic rings. The Balaban J connectivity index is 0.000000188. The molecule has 3 nitrogen and oxygen atoms in total. The fourth-order valence-electron chi connectivity index (χ4n) is 6.24. The van der Waals surface area contributed by atoms with Crippen molar-refractivity contribution >= 4 is 9.12 Å². The molecule has 0 radical (unpaired) electrons. The van der Waals surface area contributed by atoms with Crippen LogP contribution in [0.2, 0.25) is 6.04 Å². The van der Waals surface area contributed by atoms with Crippen LogP contribution in [0.15, 0.2) is 25.3 Å². The van der Waals surface area contributed by atoms with Gasteiger partial charge in [0.25, 0.3) is 0 Å². The number of allylic oxidation sites excluding steroid dienone is 1. The first-order valence-electron chi connectivity index (χ1n) is 12.3. The van der Waals surface area contributed by atoms with E-state index in [0.717, 1.165) is 30.5 Å². The number of fused-ring (bicyclic) bond motifs is 2. The van der Waals surface area contributed by atoms with Crippen molar-refractivity contribution in [2.24, 2.45) is 11.8 Å². The Morgan fingerprint density at radius 1 is 0.857 bits per heavy atom. The summed E-state index contributed by atoms with van der Waals surface area (Å²) < 4.78 is 2.86. The summed E-state index contributed by atoms with van der Waals surface area (Å²) in [4.78, 5) is 3.75. The quantitative estimate of drug-likeness (QED) is 0.495. The van der Waals surface area contributed by atoms with Crippen molar-refractivity contribution in [2.45, 2.75) is 95.2 Å². The van der Waals surface area contributed by atoms with Gasteiger partial charge in [-0.05, 0) is 82.3 Å². The lowest BCUT2D eigenvalue weighted by molar-refractivity contribution is 0.123. The third-order valence-corrected chi connectivity index (χ3v) is 10.6. The van der Waals surface area contributed by atoms with Crippen LogP contribution in [0.3, 0.4) is 0 Å². The molecule has 4 heteroatoms. The first-order valence-corrected chi connectivity index (χ1v) is 14.2. The molecule has 5 unspecified atom stereocenters. The molecule has 2 N–H and O–H groups in total. The maximum atomic E-state index is 3.95. The summed E-state index contributed by atoms with van der Waals surface area (Å²) in [5.41, 5.74) is 0. The maximum absolute atomic E-state index is 3.95. The van der Waals surface area contributed by atoms with Gasteiger partial charge in [-0.15, -0.1) is 13.2 Å². The van der Waals surface area contributed by atoms with E-state index in [0.29, 0.717) is 0 Å². The topological polar surface area (TPSA) is 27.3 Å². The van der Waals surface area contributed by atoms with Crippen LogP contribution in [0.5, 0.6) is 0 Å². The summed E-state index contributed by atoms with van der Waals surface area (Å²) in [5.74, 6) is 2.03. The van der Waals surface area contributed by atoms with Gasteiger partial charge in [-0.2, -0.15) is 0 Å². The Morgan fingerprint density at radius 3 is 2.36 bits per heavy atom. The second-order valence-electron chi connectivity index (χ2n) is 9.48. The molecule has 5 atom stereocenters. The summed E-state index contributed by atoms with van der Waals surface area (Å²) >= 11 is 0. The Labute approximate surface area is 176 Å². The minimum Gasteiger partial charge on any atom is -0.324 e. The molecule has 4 rings (SSSR count). The molecule has 0 aromatic heterocycles.